The summed E-state index contributed by atoms with van der Waals surface area (Å²) in [6.45, 7) is 11.3. The van der Waals surface area contributed by atoms with Crippen LogP contribution in [-0.4, -0.2) is 61.5 Å². The number of aliphatic hydroxyl groups excluding tert-OH is 1. The van der Waals surface area contributed by atoms with E-state index in [-0.39, 0.29) is 6.10 Å². The molecule has 1 aliphatic carbocycles. The number of hydrogen-bond donors (Lipinski definition) is 3. The molecule has 2 fully saturated rings. The number of hydrogen-bond acceptors (Lipinski definition) is 4. The first kappa shape index (κ1) is 25.0. The molecule has 1 saturated carbocycles. The van der Waals surface area contributed by atoms with Crippen LogP contribution in [0.25, 0.3) is 0 Å². The Balaban J connectivity index is 1.50. The van der Waals surface area contributed by atoms with Crippen molar-refractivity contribution in [3.8, 4) is 0 Å². The molecule has 0 spiro atoms. The molecule has 2 aliphatic rings. The van der Waals surface area contributed by atoms with E-state index in [9.17, 15) is 5.11 Å². The highest BCUT2D eigenvalue weighted by Crippen LogP contribution is 2.40. The summed E-state index contributed by atoms with van der Waals surface area (Å²) in [7, 11) is 0. The van der Waals surface area contributed by atoms with E-state index in [0.29, 0.717) is 12.0 Å². The molecule has 1 aliphatic heterocycles. The summed E-state index contributed by atoms with van der Waals surface area (Å²) in [4.78, 5) is 7.28. The first-order valence-electron chi connectivity index (χ1n) is 12.7. The molecule has 3 rings (SSSR count). The van der Waals surface area contributed by atoms with Crippen molar-refractivity contribution in [1.29, 1.82) is 0 Å². The van der Waals surface area contributed by atoms with Gasteiger partial charge < -0.3 is 20.5 Å². The number of benzene rings is 1. The van der Waals surface area contributed by atoms with Gasteiger partial charge in [-0.05, 0) is 62.5 Å². The van der Waals surface area contributed by atoms with E-state index in [1.165, 1.54) is 36.8 Å². The van der Waals surface area contributed by atoms with Crippen LogP contribution < -0.4 is 10.6 Å². The van der Waals surface area contributed by atoms with Gasteiger partial charge in [-0.3, -0.25) is 4.90 Å². The van der Waals surface area contributed by atoms with Gasteiger partial charge >= 0.3 is 0 Å². The molecule has 1 aromatic carbocycles. The Morgan fingerprint density at radius 1 is 1.09 bits per heavy atom. The predicted molar refractivity (Wildman–Crippen MR) is 132 cm³/mol. The number of piperidine rings is 1. The van der Waals surface area contributed by atoms with Gasteiger partial charge in [0, 0.05) is 45.9 Å². The van der Waals surface area contributed by atoms with Gasteiger partial charge in [-0.25, -0.2) is 4.99 Å². The minimum atomic E-state index is -0.112. The molecule has 1 aromatic rings. The van der Waals surface area contributed by atoms with Crippen molar-refractivity contribution in [3.05, 3.63) is 35.4 Å². The summed E-state index contributed by atoms with van der Waals surface area (Å²) < 4.78 is 5.65. The van der Waals surface area contributed by atoms with Crippen LogP contribution >= 0.6 is 0 Å². The molecule has 0 radical (unpaired) electrons. The smallest absolute Gasteiger partial charge is 0.191 e. The van der Waals surface area contributed by atoms with Gasteiger partial charge in [-0.1, -0.05) is 37.1 Å². The summed E-state index contributed by atoms with van der Waals surface area (Å²) in [6.07, 6.45) is 8.01. The zero-order valence-corrected chi connectivity index (χ0v) is 20.2. The van der Waals surface area contributed by atoms with Crippen molar-refractivity contribution in [2.45, 2.75) is 78.0 Å². The second-order valence-corrected chi connectivity index (χ2v) is 9.53. The van der Waals surface area contributed by atoms with Gasteiger partial charge in [0.25, 0.3) is 0 Å². The molecule has 0 bridgehead atoms. The molecular formula is C26H44N4O2. The lowest BCUT2D eigenvalue weighted by Crippen LogP contribution is -2.43. The Labute approximate surface area is 194 Å². The number of rotatable bonds is 11. The third kappa shape index (κ3) is 8.05. The molecule has 0 amide bonds. The van der Waals surface area contributed by atoms with Crippen molar-refractivity contribution in [3.63, 3.8) is 0 Å². The van der Waals surface area contributed by atoms with Crippen LogP contribution in [0.15, 0.2) is 29.3 Å². The second-order valence-electron chi connectivity index (χ2n) is 9.53. The zero-order valence-electron chi connectivity index (χ0n) is 20.2. The SMILES string of the molecule is CCNC(=NCc1ccc(CN2CCC(O)CC2)cc1)NCC1(CCOCC)CCCC1. The van der Waals surface area contributed by atoms with Gasteiger partial charge in [0.2, 0.25) is 0 Å². The monoisotopic (exact) mass is 444 g/mol. The predicted octanol–water partition coefficient (Wildman–Crippen LogP) is 3.69. The van der Waals surface area contributed by atoms with E-state index in [0.717, 1.165) is 71.2 Å². The van der Waals surface area contributed by atoms with Crippen LogP contribution in [0.4, 0.5) is 0 Å². The summed E-state index contributed by atoms with van der Waals surface area (Å²) in [5.74, 6) is 0.908. The van der Waals surface area contributed by atoms with Gasteiger partial charge in [0.05, 0.1) is 12.6 Å². The number of nitrogens with one attached hydrogen (secondary N) is 2. The molecule has 32 heavy (non-hydrogen) atoms. The third-order valence-electron chi connectivity index (χ3n) is 7.03. The Bertz CT molecular complexity index is 678. The molecule has 0 unspecified atom stereocenters. The van der Waals surface area contributed by atoms with Crippen molar-refractivity contribution in [2.24, 2.45) is 10.4 Å². The fourth-order valence-electron chi connectivity index (χ4n) is 4.94. The van der Waals surface area contributed by atoms with E-state index in [1.807, 2.05) is 0 Å². The minimum Gasteiger partial charge on any atom is -0.393 e. The number of nitrogens with zero attached hydrogens (tertiary/aromatic N) is 2. The topological polar surface area (TPSA) is 69.1 Å². The number of guanidine groups is 1. The van der Waals surface area contributed by atoms with Gasteiger partial charge in [-0.15, -0.1) is 0 Å². The van der Waals surface area contributed by atoms with Crippen molar-refractivity contribution < 1.29 is 9.84 Å². The Hall–Kier alpha value is -1.63. The van der Waals surface area contributed by atoms with Crippen molar-refractivity contribution >= 4 is 5.96 Å². The lowest BCUT2D eigenvalue weighted by Gasteiger charge is -2.30. The molecule has 0 atom stereocenters. The van der Waals surface area contributed by atoms with E-state index in [2.05, 4.69) is 53.6 Å². The van der Waals surface area contributed by atoms with Crippen LogP contribution in [0.1, 0.15) is 69.9 Å². The van der Waals surface area contributed by atoms with Crippen LogP contribution in [0.5, 0.6) is 0 Å². The Morgan fingerprint density at radius 3 is 2.44 bits per heavy atom. The van der Waals surface area contributed by atoms with Crippen LogP contribution in [0, 0.1) is 5.41 Å². The summed E-state index contributed by atoms with van der Waals surface area (Å²) in [5, 5.41) is 16.7. The third-order valence-corrected chi connectivity index (χ3v) is 7.03. The zero-order chi connectivity index (χ0) is 22.7. The van der Waals surface area contributed by atoms with Crippen LogP contribution in [0.3, 0.4) is 0 Å². The van der Waals surface area contributed by atoms with Gasteiger partial charge in [0.15, 0.2) is 5.96 Å². The van der Waals surface area contributed by atoms with E-state index < -0.39 is 0 Å². The summed E-state index contributed by atoms with van der Waals surface area (Å²) in [6, 6.07) is 8.83. The number of aliphatic hydroxyl groups is 1. The standard InChI is InChI=1S/C26H44N4O2/c1-3-27-25(29-21-26(13-5-6-14-26)15-18-32-4-2)28-19-22-7-9-23(10-8-22)20-30-16-11-24(31)12-17-30/h7-10,24,31H,3-6,11-21H2,1-2H3,(H2,27,28,29). The van der Waals surface area contributed by atoms with E-state index in [4.69, 9.17) is 9.73 Å². The molecule has 3 N–H and O–H groups in total. The highest BCUT2D eigenvalue weighted by molar-refractivity contribution is 5.79. The normalized spacial score (nSPS) is 19.9. The van der Waals surface area contributed by atoms with E-state index in [1.54, 1.807) is 0 Å². The molecule has 6 nitrogen and oxygen atoms in total. The highest BCUT2D eigenvalue weighted by Gasteiger charge is 2.33. The maximum Gasteiger partial charge on any atom is 0.191 e. The molecule has 180 valence electrons. The highest BCUT2D eigenvalue weighted by atomic mass is 16.5. The number of ether oxygens (including phenoxy) is 1. The van der Waals surface area contributed by atoms with E-state index >= 15 is 0 Å². The van der Waals surface area contributed by atoms with Crippen molar-refractivity contribution in [2.75, 3.05) is 39.4 Å². The molecule has 1 saturated heterocycles. The average molecular weight is 445 g/mol. The first-order valence-corrected chi connectivity index (χ1v) is 12.7. The quantitative estimate of drug-likeness (QED) is 0.276. The summed E-state index contributed by atoms with van der Waals surface area (Å²) in [5.41, 5.74) is 2.90. The second kappa shape index (κ2) is 13.2. The van der Waals surface area contributed by atoms with Crippen molar-refractivity contribution in [1.82, 2.24) is 15.5 Å². The lowest BCUT2D eigenvalue weighted by atomic mass is 9.83. The number of likely N-dealkylation sites (tertiary alicyclic amines) is 1. The lowest BCUT2D eigenvalue weighted by molar-refractivity contribution is 0.0792. The molecule has 1 heterocycles. The van der Waals surface area contributed by atoms with Crippen LogP contribution in [0.2, 0.25) is 0 Å². The maximum atomic E-state index is 9.68. The molecule has 0 aromatic heterocycles. The van der Waals surface area contributed by atoms with Gasteiger partial charge in [-0.2, -0.15) is 0 Å². The first-order chi connectivity index (χ1) is 15.6. The van der Waals surface area contributed by atoms with Crippen LogP contribution in [-0.2, 0) is 17.8 Å². The average Bonchev–Trinajstić information content (AvgIpc) is 3.27. The fraction of sp³-hybridized carbons (Fsp3) is 0.731. The summed E-state index contributed by atoms with van der Waals surface area (Å²) >= 11 is 0. The molecular weight excluding hydrogens is 400 g/mol. The fourth-order valence-corrected chi connectivity index (χ4v) is 4.94. The Morgan fingerprint density at radius 2 is 1.78 bits per heavy atom. The van der Waals surface area contributed by atoms with Gasteiger partial charge in [0.1, 0.15) is 0 Å². The largest absolute Gasteiger partial charge is 0.393 e. The minimum absolute atomic E-state index is 0.112. The number of aliphatic imine (C=N–C) groups is 1. The Kier molecular flexibility index (Phi) is 10.3. The maximum absolute atomic E-state index is 9.68. The molecule has 6 heteroatoms.